The Balaban J connectivity index is 3.12. The van der Waals surface area contributed by atoms with E-state index in [4.69, 9.17) is 5.73 Å². The maximum Gasteiger partial charge on any atom is 0.272 e. The first-order chi connectivity index (χ1) is 8.80. The van der Waals surface area contributed by atoms with E-state index in [2.05, 4.69) is 0 Å². The second-order valence-corrected chi connectivity index (χ2v) is 5.85. The Bertz CT molecular complexity index is 576. The highest BCUT2D eigenvalue weighted by Gasteiger charge is 2.25. The van der Waals surface area contributed by atoms with Crippen LogP contribution in [0.15, 0.2) is 23.1 Å². The molecule has 19 heavy (non-hydrogen) atoms. The van der Waals surface area contributed by atoms with Crippen LogP contribution < -0.4 is 5.73 Å². The molecule has 0 aliphatic rings. The molecule has 0 atom stereocenters. The van der Waals surface area contributed by atoms with Gasteiger partial charge in [0, 0.05) is 19.7 Å². The Morgan fingerprint density at radius 3 is 2.58 bits per heavy atom. The molecule has 0 aromatic heterocycles. The number of nitro benzene ring substituents is 1. The Labute approximate surface area is 110 Å². The maximum absolute atomic E-state index is 13.7. The number of nitrogens with zero attached hydrogens (tertiary/aromatic N) is 2. The highest BCUT2D eigenvalue weighted by atomic mass is 32.2. The third-order valence-electron chi connectivity index (χ3n) is 2.49. The zero-order valence-corrected chi connectivity index (χ0v) is 11.1. The van der Waals surface area contributed by atoms with Crippen molar-refractivity contribution in [3.8, 4) is 0 Å². The van der Waals surface area contributed by atoms with Gasteiger partial charge in [0.1, 0.15) is 10.7 Å². The first-order valence-electron chi connectivity index (χ1n) is 5.41. The Hall–Kier alpha value is -1.58. The molecule has 7 nitrogen and oxygen atoms in total. The molecule has 1 aromatic carbocycles. The fourth-order valence-corrected chi connectivity index (χ4v) is 2.67. The van der Waals surface area contributed by atoms with E-state index in [-0.39, 0.29) is 6.54 Å². The van der Waals surface area contributed by atoms with Crippen LogP contribution in [-0.4, -0.2) is 37.8 Å². The van der Waals surface area contributed by atoms with Crippen LogP contribution in [0.4, 0.5) is 10.1 Å². The molecule has 2 N–H and O–H groups in total. The highest BCUT2D eigenvalue weighted by Crippen LogP contribution is 2.22. The molecule has 0 heterocycles. The predicted molar refractivity (Wildman–Crippen MR) is 66.5 cm³/mol. The van der Waals surface area contributed by atoms with Crippen LogP contribution in [0.3, 0.4) is 0 Å². The molecule has 0 spiro atoms. The molecule has 106 valence electrons. The van der Waals surface area contributed by atoms with Crippen LogP contribution in [0.1, 0.15) is 6.42 Å². The van der Waals surface area contributed by atoms with E-state index in [0.29, 0.717) is 19.0 Å². The Morgan fingerprint density at radius 2 is 2.11 bits per heavy atom. The van der Waals surface area contributed by atoms with E-state index in [1.54, 1.807) is 0 Å². The van der Waals surface area contributed by atoms with Gasteiger partial charge in [-0.3, -0.25) is 10.1 Å². The van der Waals surface area contributed by atoms with Gasteiger partial charge >= 0.3 is 0 Å². The van der Waals surface area contributed by atoms with Crippen molar-refractivity contribution in [2.24, 2.45) is 5.73 Å². The molecule has 0 saturated heterocycles. The second kappa shape index (κ2) is 6.04. The molecule has 0 aliphatic heterocycles. The minimum Gasteiger partial charge on any atom is -0.330 e. The fraction of sp³-hybridized carbons (Fsp3) is 0.400. The summed E-state index contributed by atoms with van der Waals surface area (Å²) in [6.45, 7) is 0.456. The number of sulfonamides is 1. The number of rotatable bonds is 6. The zero-order valence-electron chi connectivity index (χ0n) is 10.2. The van der Waals surface area contributed by atoms with Crippen molar-refractivity contribution in [1.82, 2.24) is 4.31 Å². The van der Waals surface area contributed by atoms with Gasteiger partial charge in [-0.25, -0.2) is 17.1 Å². The van der Waals surface area contributed by atoms with Gasteiger partial charge in [-0.2, -0.15) is 0 Å². The number of nitrogens with two attached hydrogens (primary N) is 1. The largest absolute Gasteiger partial charge is 0.330 e. The van der Waals surface area contributed by atoms with Crippen LogP contribution in [0, 0.1) is 15.9 Å². The third kappa shape index (κ3) is 3.46. The van der Waals surface area contributed by atoms with Gasteiger partial charge < -0.3 is 5.73 Å². The second-order valence-electron chi connectivity index (χ2n) is 3.84. The molecule has 9 heteroatoms. The number of benzene rings is 1. The zero-order chi connectivity index (χ0) is 14.6. The third-order valence-corrected chi connectivity index (χ3v) is 4.38. The summed E-state index contributed by atoms with van der Waals surface area (Å²) in [6.07, 6.45) is 0.435. The number of hydrogen-bond donors (Lipinski definition) is 1. The van der Waals surface area contributed by atoms with Crippen molar-refractivity contribution in [2.75, 3.05) is 20.1 Å². The maximum atomic E-state index is 13.7. The highest BCUT2D eigenvalue weighted by molar-refractivity contribution is 7.89. The Kier molecular flexibility index (Phi) is 4.92. The fourth-order valence-electron chi connectivity index (χ4n) is 1.41. The summed E-state index contributed by atoms with van der Waals surface area (Å²) in [7, 11) is -2.71. The van der Waals surface area contributed by atoms with Crippen LogP contribution in [0.5, 0.6) is 0 Å². The van der Waals surface area contributed by atoms with Gasteiger partial charge in [0.25, 0.3) is 5.69 Å². The predicted octanol–water partition coefficient (Wildman–Crippen LogP) is 0.703. The molecule has 0 radical (unpaired) electrons. The monoisotopic (exact) mass is 291 g/mol. The van der Waals surface area contributed by atoms with Gasteiger partial charge in [0.2, 0.25) is 10.0 Å². The lowest BCUT2D eigenvalue weighted by atomic mass is 10.3. The molecule has 0 fully saturated rings. The summed E-state index contributed by atoms with van der Waals surface area (Å²) >= 11 is 0. The topological polar surface area (TPSA) is 107 Å². The molecular formula is C10H14FN3O4S. The first kappa shape index (κ1) is 15.5. The molecule has 0 amide bonds. The van der Waals surface area contributed by atoms with Crippen LogP contribution in [0.25, 0.3) is 0 Å². The van der Waals surface area contributed by atoms with Gasteiger partial charge in [-0.1, -0.05) is 0 Å². The van der Waals surface area contributed by atoms with Crippen molar-refractivity contribution in [1.29, 1.82) is 0 Å². The van der Waals surface area contributed by atoms with Crippen molar-refractivity contribution in [2.45, 2.75) is 11.3 Å². The SMILES string of the molecule is CN(CCCN)S(=O)(=O)c1ccc([N+](=O)[O-])cc1F. The molecule has 1 aromatic rings. The van der Waals surface area contributed by atoms with Crippen LogP contribution >= 0.6 is 0 Å². The summed E-state index contributed by atoms with van der Waals surface area (Å²) in [5.41, 5.74) is 4.77. The summed E-state index contributed by atoms with van der Waals surface area (Å²) in [6, 6.07) is 2.43. The lowest BCUT2D eigenvalue weighted by Gasteiger charge is -2.16. The molecule has 0 bridgehead atoms. The summed E-state index contributed by atoms with van der Waals surface area (Å²) < 4.78 is 38.6. The lowest BCUT2D eigenvalue weighted by molar-refractivity contribution is -0.385. The van der Waals surface area contributed by atoms with Gasteiger partial charge in [-0.05, 0) is 19.0 Å². The van der Waals surface area contributed by atoms with Crippen molar-refractivity contribution >= 4 is 15.7 Å². The standard InChI is InChI=1S/C10H14FN3O4S/c1-13(6-2-5-12)19(17,18)10-4-3-8(14(15)16)7-9(10)11/h3-4,7H,2,5-6,12H2,1H3. The minimum absolute atomic E-state index is 0.148. The quantitative estimate of drug-likeness (QED) is 0.613. The van der Waals surface area contributed by atoms with Gasteiger partial charge in [0.05, 0.1) is 11.0 Å². The van der Waals surface area contributed by atoms with E-state index < -0.39 is 31.3 Å². The smallest absolute Gasteiger partial charge is 0.272 e. The van der Waals surface area contributed by atoms with E-state index >= 15 is 0 Å². The Morgan fingerprint density at radius 1 is 1.47 bits per heavy atom. The summed E-state index contributed by atoms with van der Waals surface area (Å²) in [5.74, 6) is -1.14. The van der Waals surface area contributed by atoms with E-state index in [1.165, 1.54) is 7.05 Å². The number of hydrogen-bond acceptors (Lipinski definition) is 5. The summed E-state index contributed by atoms with van der Waals surface area (Å²) in [5, 5.41) is 10.5. The number of nitro groups is 1. The average Bonchev–Trinajstić information content (AvgIpc) is 2.35. The van der Waals surface area contributed by atoms with Crippen molar-refractivity contribution in [3.05, 3.63) is 34.1 Å². The lowest BCUT2D eigenvalue weighted by Crippen LogP contribution is -2.29. The summed E-state index contributed by atoms with van der Waals surface area (Å²) in [4.78, 5) is 9.07. The van der Waals surface area contributed by atoms with Crippen molar-refractivity contribution < 1.29 is 17.7 Å². The van der Waals surface area contributed by atoms with Crippen molar-refractivity contribution in [3.63, 3.8) is 0 Å². The number of halogens is 1. The van der Waals surface area contributed by atoms with Crippen LogP contribution in [0.2, 0.25) is 0 Å². The van der Waals surface area contributed by atoms with Crippen LogP contribution in [-0.2, 0) is 10.0 Å². The van der Waals surface area contributed by atoms with E-state index in [0.717, 1.165) is 16.4 Å². The first-order valence-corrected chi connectivity index (χ1v) is 6.85. The normalized spacial score (nSPS) is 11.8. The molecule has 0 saturated carbocycles. The van der Waals surface area contributed by atoms with E-state index in [9.17, 15) is 22.9 Å². The molecular weight excluding hydrogens is 277 g/mol. The molecule has 0 aliphatic carbocycles. The van der Waals surface area contributed by atoms with Gasteiger partial charge in [-0.15, -0.1) is 0 Å². The minimum atomic E-state index is -4.00. The molecule has 1 rings (SSSR count). The van der Waals surface area contributed by atoms with E-state index in [1.807, 2.05) is 0 Å². The average molecular weight is 291 g/mol. The number of non-ortho nitro benzene ring substituents is 1. The van der Waals surface area contributed by atoms with Gasteiger partial charge in [0.15, 0.2) is 0 Å². The molecule has 0 unspecified atom stereocenters.